The minimum Gasteiger partial charge on any atom is -0.753 e. The number of aromatic nitrogens is 6. The van der Waals surface area contributed by atoms with Crippen LogP contribution < -0.4 is 41.5 Å². The normalized spacial score (nSPS) is 11.2. The van der Waals surface area contributed by atoms with Crippen molar-refractivity contribution in [3.05, 3.63) is 411 Å². The maximum absolute atomic E-state index is 10.8. The van der Waals surface area contributed by atoms with E-state index in [2.05, 4.69) is 396 Å². The van der Waals surface area contributed by atoms with Crippen LogP contribution >= 0.6 is 24.4 Å². The number of isothiocyanates is 2. The largest absolute Gasteiger partial charge is 2.00 e. The predicted octanol–water partition coefficient (Wildman–Crippen LogP) is 18.6. The number of rotatable bonds is 14. The molecule has 0 spiro atoms. The Hall–Kier alpha value is -14.1. The summed E-state index contributed by atoms with van der Waals surface area (Å²) in [6.45, 7) is 0. The van der Waals surface area contributed by atoms with Crippen LogP contribution in [-0.2, 0) is 19.5 Å². The van der Waals surface area contributed by atoms with Crippen LogP contribution in [0.25, 0.3) is 132 Å². The van der Waals surface area contributed by atoms with Crippen LogP contribution in [-0.4, -0.2) is 77.7 Å². The van der Waals surface area contributed by atoms with E-state index in [9.17, 15) is 9.59 Å². The van der Waals surface area contributed by atoms with Crippen molar-refractivity contribution in [3.63, 3.8) is 0 Å². The maximum Gasteiger partial charge on any atom is 2.00 e. The van der Waals surface area contributed by atoms with Crippen LogP contribution in [0.3, 0.4) is 0 Å². The SMILES string of the molecule is O=C(O)c1ccnc(-c2cc(C(=O)O)ccn2)c1.[N-]=C=S.[N-]=C=S.[Ru+2].c1ccc([Si](c2ccccc2)(c2ccccc2)c2ccc3c(c2)c2cc(-c4cc5c6cc([Si](c7ccccc7)(c7ccccc7)c7ccccc7)ccc6n(-c6cc7ccccc7c7ccccc67)c5cn4)ncc2n3-c2cc3ccccc3c3ccccc23)cc1. The average Bonchev–Trinajstić information content (AvgIpc) is 1.60. The Morgan fingerprint density at radius 1 is 0.282 bits per heavy atom. The zero-order valence-corrected chi connectivity index (χ0v) is 67.8. The number of carboxylic acids is 2. The van der Waals surface area contributed by atoms with Crippen molar-refractivity contribution in [1.29, 1.82) is 0 Å². The van der Waals surface area contributed by atoms with E-state index in [-0.39, 0.29) is 30.6 Å². The summed E-state index contributed by atoms with van der Waals surface area (Å²) in [4.78, 5) is 40.7. The topological polar surface area (TPSA) is 181 Å². The van der Waals surface area contributed by atoms with Crippen molar-refractivity contribution < 1.29 is 39.3 Å². The third-order valence-electron chi connectivity index (χ3n) is 21.9. The Kier molecular flexibility index (Phi) is 22.0. The van der Waals surface area contributed by atoms with E-state index in [0.717, 1.165) is 66.4 Å². The molecule has 20 rings (SSSR count). The van der Waals surface area contributed by atoms with Gasteiger partial charge in [0.15, 0.2) is 16.1 Å². The van der Waals surface area contributed by atoms with E-state index in [0.29, 0.717) is 11.4 Å². The summed E-state index contributed by atoms with van der Waals surface area (Å²) in [5.41, 5.74) is 8.91. The van der Waals surface area contributed by atoms with Gasteiger partial charge in [0.05, 0.1) is 79.7 Å². The fourth-order valence-corrected chi connectivity index (χ4v) is 26.6. The quantitative estimate of drug-likeness (QED) is 0.0350. The number of nitrogens with zero attached hydrogens (tertiary/aromatic N) is 8. The molecule has 0 unspecified atom stereocenters. The van der Waals surface area contributed by atoms with Gasteiger partial charge in [-0.2, -0.15) is 10.3 Å². The number of benzene rings is 14. The average molecular weight is 1670 g/mol. The Labute approximate surface area is 698 Å². The second-order valence-corrected chi connectivity index (χ2v) is 36.0. The summed E-state index contributed by atoms with van der Waals surface area (Å²) in [5.74, 6) is -2.15. The van der Waals surface area contributed by atoms with E-state index in [1.807, 2.05) is 0 Å². The monoisotopic (exact) mass is 1660 g/mol. The molecule has 6 aromatic heterocycles. The van der Waals surface area contributed by atoms with Crippen LogP contribution in [0.2, 0.25) is 0 Å². The van der Waals surface area contributed by atoms with E-state index in [1.165, 1.54) is 132 Å². The fourth-order valence-electron chi connectivity index (χ4n) is 17.1. The molecule has 558 valence electrons. The zero-order valence-electron chi connectivity index (χ0n) is 62.4. The van der Waals surface area contributed by atoms with Crippen molar-refractivity contribution in [2.24, 2.45) is 0 Å². The molecule has 0 aliphatic heterocycles. The molecule has 2 N–H and O–H groups in total. The minimum atomic E-state index is -2.97. The molecular weight excluding hydrogens is 1600 g/mol. The van der Waals surface area contributed by atoms with Gasteiger partial charge in [0.25, 0.3) is 0 Å². The summed E-state index contributed by atoms with van der Waals surface area (Å²) < 4.78 is 4.94. The molecule has 0 saturated heterocycles. The van der Waals surface area contributed by atoms with Gasteiger partial charge in [-0.3, -0.25) is 19.9 Å². The van der Waals surface area contributed by atoms with Crippen LogP contribution in [0, 0.1) is 0 Å². The van der Waals surface area contributed by atoms with Crippen LogP contribution in [0.4, 0.5) is 0 Å². The molecule has 0 radical (unpaired) electrons. The Morgan fingerprint density at radius 2 is 0.547 bits per heavy atom. The van der Waals surface area contributed by atoms with Gasteiger partial charge in [0.2, 0.25) is 0 Å². The molecule has 12 nitrogen and oxygen atoms in total. The molecule has 20 aromatic rings. The maximum atomic E-state index is 10.8. The van der Waals surface area contributed by atoms with Gasteiger partial charge in [-0.1, -0.05) is 328 Å². The predicted molar refractivity (Wildman–Crippen MR) is 487 cm³/mol. The standard InChI is InChI=1S/C86H58N4Si2.C12H8N2O4.2CNS.Ru/c1-7-29-61(30-8-1)91(62-31-9-2-10-32-62,63-33-11-3-12-34-63)67-47-49-81-75(53-67)77-55-79(87-57-85(77)89(81)83-51-59-27-19-21-41-69(59)71-43-23-25-45-73(71)83)80-56-78-76-54-68(92(64-35-13-4-14-36-64,65-37-15-5-16-38-65)66-39-17-6-18-40-66)48-50-82(76)90(86(78)58-88-80)84-52-60-28-20-22-42-70(60)72-44-24-26-46-74(72)84;15-11(16)7-1-3-13-9(5-7)10-6-8(12(17)18)2-4-14-10;2*2-1-3;/h1-58H;1-6H,(H,15,16)(H,17,18);;;/q;;2*-1;+2. The van der Waals surface area contributed by atoms with Crippen LogP contribution in [0.15, 0.2) is 389 Å². The fraction of sp³-hybridized carbons (Fsp3) is 0. The van der Waals surface area contributed by atoms with Gasteiger partial charge in [-0.05, 0) is 134 Å². The first kappa shape index (κ1) is 76.9. The van der Waals surface area contributed by atoms with Crippen LogP contribution in [0.5, 0.6) is 0 Å². The number of hydrogen-bond donors (Lipinski definition) is 2. The van der Waals surface area contributed by atoms with Gasteiger partial charge in [0.1, 0.15) is 0 Å². The number of carbonyl (C=O) groups is 2. The van der Waals surface area contributed by atoms with E-state index in [4.69, 9.17) is 31.0 Å². The summed E-state index contributed by atoms with van der Waals surface area (Å²) in [7, 11) is -5.93. The van der Waals surface area contributed by atoms with Crippen LogP contribution in [0.1, 0.15) is 20.7 Å². The van der Waals surface area contributed by atoms with Gasteiger partial charge >= 0.3 is 31.4 Å². The van der Waals surface area contributed by atoms with Gasteiger partial charge in [-0.15, -0.1) is 0 Å². The Balaban J connectivity index is 0.000000356. The number of fused-ring (bicyclic) bond motifs is 12. The first-order chi connectivity index (χ1) is 57.0. The number of thiocarbonyl (C=S) groups is 2. The van der Waals surface area contributed by atoms with Crippen molar-refractivity contribution in [2.75, 3.05) is 0 Å². The van der Waals surface area contributed by atoms with Crippen molar-refractivity contribution in [1.82, 2.24) is 29.1 Å². The summed E-state index contributed by atoms with van der Waals surface area (Å²) >= 11 is 7.40. The van der Waals surface area contributed by atoms with Gasteiger partial charge < -0.3 is 30.2 Å². The molecule has 14 aromatic carbocycles. The summed E-state index contributed by atoms with van der Waals surface area (Å²) in [6, 6.07) is 132. The van der Waals surface area contributed by atoms with E-state index < -0.39 is 28.1 Å². The summed E-state index contributed by atoms with van der Waals surface area (Å²) in [5, 5.41) is 59.4. The third kappa shape index (κ3) is 14.0. The molecule has 6 heterocycles. The summed E-state index contributed by atoms with van der Waals surface area (Å²) in [6.07, 6.45) is 6.90. The minimum absolute atomic E-state index is 0. The number of aromatic carboxylic acids is 2. The Bertz CT molecular complexity index is 6610. The third-order valence-corrected chi connectivity index (χ3v) is 31.5. The first-order valence-electron chi connectivity index (χ1n) is 37.5. The van der Waals surface area contributed by atoms with Gasteiger partial charge in [-0.25, -0.2) is 9.59 Å². The van der Waals surface area contributed by atoms with Crippen molar-refractivity contribution >= 4 is 191 Å². The molecule has 0 aliphatic rings. The number of pyridine rings is 4. The molecular formula is C100H66N8O4RuS2Si2. The second kappa shape index (κ2) is 33.5. The molecule has 0 atom stereocenters. The molecule has 0 fully saturated rings. The second-order valence-electron chi connectivity index (χ2n) is 28.0. The van der Waals surface area contributed by atoms with E-state index in [1.54, 1.807) is 0 Å². The molecule has 0 saturated carbocycles. The Morgan fingerprint density at radius 3 is 0.855 bits per heavy atom. The molecule has 0 bridgehead atoms. The van der Waals surface area contributed by atoms with Crippen molar-refractivity contribution in [3.8, 4) is 34.2 Å². The first-order valence-corrected chi connectivity index (χ1v) is 42.3. The number of carboxylic acid groups (broad SMARTS) is 2. The molecule has 17 heteroatoms. The smallest absolute Gasteiger partial charge is 0.753 e. The van der Waals surface area contributed by atoms with Crippen molar-refractivity contribution in [2.45, 2.75) is 0 Å². The van der Waals surface area contributed by atoms with Gasteiger partial charge in [0, 0.05) is 44.7 Å². The number of hydrogen-bond acceptors (Lipinski definition) is 8. The van der Waals surface area contributed by atoms with E-state index >= 15 is 0 Å². The molecule has 0 amide bonds. The molecule has 117 heavy (non-hydrogen) atoms. The molecule has 0 aliphatic carbocycles. The zero-order chi connectivity index (χ0) is 79.3.